The Morgan fingerprint density at radius 2 is 1.56 bits per heavy atom. The van der Waals surface area contributed by atoms with Gasteiger partial charge in [-0.25, -0.2) is 4.79 Å². The quantitative estimate of drug-likeness (QED) is 0.509. The second kappa shape index (κ2) is 8.86. The van der Waals surface area contributed by atoms with Crippen LogP contribution >= 0.6 is 0 Å². The Morgan fingerprint density at radius 3 is 2.16 bits per heavy atom. The van der Waals surface area contributed by atoms with Gasteiger partial charge in [0.1, 0.15) is 17.9 Å². The summed E-state index contributed by atoms with van der Waals surface area (Å²) < 4.78 is 39.4. The lowest BCUT2D eigenvalue weighted by Crippen LogP contribution is -2.39. The normalized spacial score (nSPS) is 18.4. The maximum atomic E-state index is 13.1. The van der Waals surface area contributed by atoms with Crippen molar-refractivity contribution in [2.45, 2.75) is 31.6 Å². The summed E-state index contributed by atoms with van der Waals surface area (Å²) in [7, 11) is 0. The number of halogens is 3. The van der Waals surface area contributed by atoms with Crippen molar-refractivity contribution in [1.29, 1.82) is 0 Å². The van der Waals surface area contributed by atoms with Crippen LogP contribution in [0.5, 0.6) is 0 Å². The van der Waals surface area contributed by atoms with Gasteiger partial charge in [0.05, 0.1) is 0 Å². The molecule has 4 rings (SSSR count). The lowest BCUT2D eigenvalue weighted by molar-refractivity contribution is -0.230. The van der Waals surface area contributed by atoms with E-state index in [1.54, 1.807) is 24.3 Å². The molecule has 0 saturated heterocycles. The molecule has 2 unspecified atom stereocenters. The number of amidine groups is 1. The van der Waals surface area contributed by atoms with Crippen molar-refractivity contribution in [3.8, 4) is 0 Å². The van der Waals surface area contributed by atoms with Gasteiger partial charge < -0.3 is 4.84 Å². The summed E-state index contributed by atoms with van der Waals surface area (Å²) in [6.45, 7) is 1.93. The van der Waals surface area contributed by atoms with Crippen molar-refractivity contribution < 1.29 is 22.8 Å². The largest absolute Gasteiger partial charge is 0.493 e. The summed E-state index contributed by atoms with van der Waals surface area (Å²) in [5, 5.41) is 1.03. The monoisotopic (exact) mass is 438 g/mol. The third-order valence-corrected chi connectivity index (χ3v) is 5.23. The molecule has 1 aliphatic rings. The predicted molar refractivity (Wildman–Crippen MR) is 115 cm³/mol. The van der Waals surface area contributed by atoms with Crippen LogP contribution in [0.1, 0.15) is 34.3 Å². The molecule has 0 N–H and O–H groups in total. The van der Waals surface area contributed by atoms with Crippen molar-refractivity contribution in [2.75, 3.05) is 0 Å². The second-order valence-corrected chi connectivity index (χ2v) is 7.62. The van der Waals surface area contributed by atoms with Crippen molar-refractivity contribution in [2.24, 2.45) is 4.99 Å². The molecular weight excluding hydrogens is 417 g/mol. The molecule has 0 radical (unpaired) electrons. The van der Waals surface area contributed by atoms with Gasteiger partial charge >= 0.3 is 12.1 Å². The molecule has 0 spiro atoms. The van der Waals surface area contributed by atoms with Crippen LogP contribution in [-0.4, -0.2) is 23.0 Å². The first-order valence-electron chi connectivity index (χ1n) is 10.1. The lowest BCUT2D eigenvalue weighted by atomic mass is 9.94. The van der Waals surface area contributed by atoms with E-state index in [1.807, 2.05) is 67.6 Å². The Bertz CT molecular complexity index is 1110. The molecule has 1 heterocycles. The number of rotatable bonds is 5. The van der Waals surface area contributed by atoms with Crippen LogP contribution in [0.15, 0.2) is 89.9 Å². The molecule has 0 saturated carbocycles. The number of benzene rings is 3. The van der Waals surface area contributed by atoms with Crippen molar-refractivity contribution in [3.05, 3.63) is 107 Å². The Balaban J connectivity index is 1.79. The first-order valence-corrected chi connectivity index (χ1v) is 10.1. The molecule has 164 valence electrons. The van der Waals surface area contributed by atoms with Crippen LogP contribution in [0.3, 0.4) is 0 Å². The van der Waals surface area contributed by atoms with Crippen molar-refractivity contribution >= 4 is 11.8 Å². The molecule has 7 heteroatoms. The molecule has 2 atom stereocenters. The van der Waals surface area contributed by atoms with E-state index in [4.69, 9.17) is 9.83 Å². The van der Waals surface area contributed by atoms with Crippen molar-refractivity contribution in [3.63, 3.8) is 0 Å². The van der Waals surface area contributed by atoms with Gasteiger partial charge in [-0.3, -0.25) is 4.99 Å². The third-order valence-electron chi connectivity index (χ3n) is 5.23. The van der Waals surface area contributed by atoms with E-state index in [9.17, 15) is 18.0 Å². The van der Waals surface area contributed by atoms with Crippen LogP contribution in [0, 0.1) is 6.92 Å². The minimum Gasteiger partial charge on any atom is -0.330 e. The number of carbonyl (C=O) groups excluding carboxylic acids is 1. The Morgan fingerprint density at radius 1 is 0.938 bits per heavy atom. The minimum absolute atomic E-state index is 0.222. The SMILES string of the molecule is Cc1cccc(CC2=NC(c3ccccc3)C(c3ccccc3)N2OC(=O)C(F)(F)F)c1. The van der Waals surface area contributed by atoms with Crippen LogP contribution in [0.4, 0.5) is 13.2 Å². The maximum Gasteiger partial charge on any atom is 0.493 e. The smallest absolute Gasteiger partial charge is 0.330 e. The van der Waals surface area contributed by atoms with Crippen LogP contribution < -0.4 is 0 Å². The number of carbonyl (C=O) groups is 1. The molecule has 0 aliphatic carbocycles. The van der Waals surface area contributed by atoms with Gasteiger partial charge in [0.2, 0.25) is 0 Å². The zero-order chi connectivity index (χ0) is 22.7. The van der Waals surface area contributed by atoms with E-state index < -0.39 is 24.2 Å². The molecule has 1 aliphatic heterocycles. The Labute approximate surface area is 183 Å². The molecule has 0 amide bonds. The van der Waals surface area contributed by atoms with Crippen LogP contribution in [0.25, 0.3) is 0 Å². The van der Waals surface area contributed by atoms with Crippen LogP contribution in [-0.2, 0) is 16.1 Å². The summed E-state index contributed by atoms with van der Waals surface area (Å²) in [5.41, 5.74) is 3.38. The first-order chi connectivity index (χ1) is 15.3. The molecule has 0 fully saturated rings. The summed E-state index contributed by atoms with van der Waals surface area (Å²) in [5.74, 6) is -2.01. The molecule has 3 aromatic carbocycles. The average molecular weight is 438 g/mol. The minimum atomic E-state index is -5.12. The zero-order valence-corrected chi connectivity index (χ0v) is 17.3. The number of aliphatic imine (C=N–C) groups is 1. The van der Waals surface area contributed by atoms with Gasteiger partial charge in [0.15, 0.2) is 0 Å². The van der Waals surface area contributed by atoms with Crippen LogP contribution in [0.2, 0.25) is 0 Å². The van der Waals surface area contributed by atoms with Gasteiger partial charge in [0.25, 0.3) is 0 Å². The summed E-state index contributed by atoms with van der Waals surface area (Å²) in [6, 6.07) is 24.6. The van der Waals surface area contributed by atoms with E-state index in [2.05, 4.69) is 0 Å². The number of alkyl halides is 3. The molecule has 3 aromatic rings. The topological polar surface area (TPSA) is 41.9 Å². The number of hydrogen-bond donors (Lipinski definition) is 0. The zero-order valence-electron chi connectivity index (χ0n) is 17.3. The number of aryl methyl sites for hydroxylation is 1. The first kappa shape index (κ1) is 21.6. The van der Waals surface area contributed by atoms with Gasteiger partial charge in [-0.05, 0) is 23.6 Å². The number of hydrogen-bond acceptors (Lipinski definition) is 4. The standard InChI is InChI=1S/C25H21F3N2O2/c1-17-9-8-10-18(15-17)16-21-29-22(19-11-4-2-5-12-19)23(20-13-6-3-7-14-20)30(21)32-24(31)25(26,27)28/h2-15,22-23H,16H2,1H3. The molecule has 0 aromatic heterocycles. The molecular formula is C25H21F3N2O2. The lowest BCUT2D eigenvalue weighted by Gasteiger charge is -2.29. The van der Waals surface area contributed by atoms with E-state index in [-0.39, 0.29) is 12.3 Å². The highest BCUT2D eigenvalue weighted by molar-refractivity contribution is 5.88. The van der Waals surface area contributed by atoms with E-state index in [0.717, 1.165) is 21.8 Å². The van der Waals surface area contributed by atoms with Gasteiger partial charge in [0, 0.05) is 6.42 Å². The maximum absolute atomic E-state index is 13.1. The third kappa shape index (κ3) is 4.66. The Kier molecular flexibility index (Phi) is 5.99. The van der Waals surface area contributed by atoms with Crippen molar-refractivity contribution in [1.82, 2.24) is 5.06 Å². The van der Waals surface area contributed by atoms with E-state index >= 15 is 0 Å². The summed E-state index contributed by atoms with van der Waals surface area (Å²) >= 11 is 0. The highest BCUT2D eigenvalue weighted by atomic mass is 19.4. The average Bonchev–Trinajstić information content (AvgIpc) is 3.12. The summed E-state index contributed by atoms with van der Waals surface area (Å²) in [4.78, 5) is 21.6. The Hall–Kier alpha value is -3.61. The predicted octanol–water partition coefficient (Wildman–Crippen LogP) is 5.75. The molecule has 32 heavy (non-hydrogen) atoms. The van der Waals surface area contributed by atoms with E-state index in [0.29, 0.717) is 5.56 Å². The fourth-order valence-electron chi connectivity index (χ4n) is 3.83. The highest BCUT2D eigenvalue weighted by Gasteiger charge is 2.47. The van der Waals surface area contributed by atoms with Gasteiger partial charge in [-0.1, -0.05) is 90.5 Å². The van der Waals surface area contributed by atoms with E-state index in [1.165, 1.54) is 0 Å². The van der Waals surface area contributed by atoms with Gasteiger partial charge in [-0.15, -0.1) is 0 Å². The highest BCUT2D eigenvalue weighted by Crippen LogP contribution is 2.43. The number of nitrogens with zero attached hydrogens (tertiary/aromatic N) is 2. The fourth-order valence-corrected chi connectivity index (χ4v) is 3.83. The molecule has 0 bridgehead atoms. The molecule has 4 nitrogen and oxygen atoms in total. The van der Waals surface area contributed by atoms with Gasteiger partial charge in [-0.2, -0.15) is 18.2 Å². The fraction of sp³-hybridized carbons (Fsp3) is 0.200. The second-order valence-electron chi connectivity index (χ2n) is 7.62. The number of hydroxylamine groups is 2. The summed E-state index contributed by atoms with van der Waals surface area (Å²) in [6.07, 6.45) is -4.90.